The Morgan fingerprint density at radius 2 is 1.30 bits per heavy atom. The first-order valence-corrected chi connectivity index (χ1v) is 8.86. The van der Waals surface area contributed by atoms with Gasteiger partial charge < -0.3 is 5.73 Å². The summed E-state index contributed by atoms with van der Waals surface area (Å²) in [6.07, 6.45) is 2.04. The van der Waals surface area contributed by atoms with E-state index in [2.05, 4.69) is 84.7 Å². The fourth-order valence-corrected chi connectivity index (χ4v) is 3.19. The summed E-state index contributed by atoms with van der Waals surface area (Å²) in [6.45, 7) is 1.01. The maximum atomic E-state index is 5.78. The fourth-order valence-electron chi connectivity index (χ4n) is 3.19. The van der Waals surface area contributed by atoms with E-state index in [1.165, 1.54) is 16.7 Å². The number of nitrogen functional groups attached to an aromatic ring is 1. The standard InChI is InChI=1S/C23H26N2.2ClH/c1-25(17-16-19-12-14-22(24)15-13-19)23(21-10-6-3-7-11-21)18-20-8-4-2-5-9-20;;/h2-15,23H,16-18,24H2,1H3;2*1H. The third kappa shape index (κ3) is 6.91. The lowest BCUT2D eigenvalue weighted by Crippen LogP contribution is -2.28. The predicted octanol–water partition coefficient (Wildman–Crippen LogP) is 5.57. The van der Waals surface area contributed by atoms with Crippen molar-refractivity contribution < 1.29 is 0 Å². The Morgan fingerprint density at radius 1 is 0.741 bits per heavy atom. The molecule has 2 N–H and O–H groups in total. The van der Waals surface area contributed by atoms with Gasteiger partial charge in [-0.3, -0.25) is 4.90 Å². The first-order chi connectivity index (χ1) is 12.2. The quantitative estimate of drug-likeness (QED) is 0.523. The number of hydrogen-bond acceptors (Lipinski definition) is 2. The van der Waals surface area contributed by atoms with E-state index in [9.17, 15) is 0 Å². The SMILES string of the molecule is CN(CCc1ccc(N)cc1)C(Cc1ccccc1)c1ccccc1.Cl.Cl. The topological polar surface area (TPSA) is 29.3 Å². The molecule has 2 nitrogen and oxygen atoms in total. The number of nitrogens with zero attached hydrogens (tertiary/aromatic N) is 1. The van der Waals surface area contributed by atoms with Crippen molar-refractivity contribution >= 4 is 30.5 Å². The van der Waals surface area contributed by atoms with Gasteiger partial charge in [0, 0.05) is 18.3 Å². The van der Waals surface area contributed by atoms with Crippen LogP contribution in [0.2, 0.25) is 0 Å². The van der Waals surface area contributed by atoms with Crippen LogP contribution in [0, 0.1) is 0 Å². The molecule has 0 aliphatic rings. The van der Waals surface area contributed by atoms with E-state index >= 15 is 0 Å². The second-order valence-corrected chi connectivity index (χ2v) is 6.59. The molecule has 0 aliphatic heterocycles. The van der Waals surface area contributed by atoms with Crippen molar-refractivity contribution in [2.75, 3.05) is 19.3 Å². The van der Waals surface area contributed by atoms with Gasteiger partial charge in [0.1, 0.15) is 0 Å². The number of rotatable bonds is 7. The number of nitrogens with two attached hydrogens (primary N) is 1. The first-order valence-electron chi connectivity index (χ1n) is 8.86. The Balaban J connectivity index is 0.00000182. The highest BCUT2D eigenvalue weighted by molar-refractivity contribution is 5.85. The normalized spacial score (nSPS) is 11.3. The van der Waals surface area contributed by atoms with E-state index in [1.807, 2.05) is 12.1 Å². The van der Waals surface area contributed by atoms with Crippen LogP contribution in [-0.4, -0.2) is 18.5 Å². The predicted molar refractivity (Wildman–Crippen MR) is 121 cm³/mol. The lowest BCUT2D eigenvalue weighted by Gasteiger charge is -2.29. The van der Waals surface area contributed by atoms with Crippen LogP contribution in [-0.2, 0) is 12.8 Å². The average Bonchev–Trinajstić information content (AvgIpc) is 2.67. The first kappa shape index (κ1) is 23.0. The van der Waals surface area contributed by atoms with Gasteiger partial charge in [-0.1, -0.05) is 72.8 Å². The molecule has 4 heteroatoms. The molecule has 0 amide bonds. The van der Waals surface area contributed by atoms with Crippen molar-refractivity contribution in [2.24, 2.45) is 0 Å². The van der Waals surface area contributed by atoms with Crippen LogP contribution in [0.1, 0.15) is 22.7 Å². The number of halogens is 2. The summed E-state index contributed by atoms with van der Waals surface area (Å²) < 4.78 is 0. The van der Waals surface area contributed by atoms with Gasteiger partial charge in [-0.05, 0) is 48.7 Å². The van der Waals surface area contributed by atoms with E-state index in [0.717, 1.165) is 25.1 Å². The van der Waals surface area contributed by atoms with Crippen LogP contribution in [0.5, 0.6) is 0 Å². The molecule has 27 heavy (non-hydrogen) atoms. The van der Waals surface area contributed by atoms with Gasteiger partial charge in [-0.15, -0.1) is 24.8 Å². The van der Waals surface area contributed by atoms with E-state index in [-0.39, 0.29) is 24.8 Å². The van der Waals surface area contributed by atoms with E-state index in [4.69, 9.17) is 5.73 Å². The molecule has 1 unspecified atom stereocenters. The smallest absolute Gasteiger partial charge is 0.0385 e. The van der Waals surface area contributed by atoms with Crippen molar-refractivity contribution in [3.05, 3.63) is 102 Å². The highest BCUT2D eigenvalue weighted by Crippen LogP contribution is 2.24. The molecular formula is C23H28Cl2N2. The molecule has 3 aromatic carbocycles. The van der Waals surface area contributed by atoms with Crippen molar-refractivity contribution in [1.29, 1.82) is 0 Å². The molecule has 0 radical (unpaired) electrons. The Hall–Kier alpha value is -2.00. The molecule has 0 fully saturated rings. The molecule has 0 saturated heterocycles. The molecule has 1 atom stereocenters. The summed E-state index contributed by atoms with van der Waals surface area (Å²) in [5, 5.41) is 0. The zero-order chi connectivity index (χ0) is 17.5. The molecule has 3 aromatic rings. The number of likely N-dealkylation sites (N-methyl/N-ethyl adjacent to an activating group) is 1. The van der Waals surface area contributed by atoms with Gasteiger partial charge in [-0.2, -0.15) is 0 Å². The molecule has 0 spiro atoms. The molecule has 0 heterocycles. The van der Waals surface area contributed by atoms with Crippen LogP contribution in [0.25, 0.3) is 0 Å². The van der Waals surface area contributed by atoms with Gasteiger partial charge in [-0.25, -0.2) is 0 Å². The average molecular weight is 403 g/mol. The minimum Gasteiger partial charge on any atom is -0.399 e. The summed E-state index contributed by atoms with van der Waals surface area (Å²) in [4.78, 5) is 2.46. The Kier molecular flexibility index (Phi) is 9.95. The van der Waals surface area contributed by atoms with Crippen molar-refractivity contribution in [2.45, 2.75) is 18.9 Å². The van der Waals surface area contributed by atoms with Gasteiger partial charge in [0.05, 0.1) is 0 Å². The monoisotopic (exact) mass is 402 g/mol. The highest BCUT2D eigenvalue weighted by Gasteiger charge is 2.17. The Bertz CT molecular complexity index is 761. The summed E-state index contributed by atoms with van der Waals surface area (Å²) in [5.74, 6) is 0. The van der Waals surface area contributed by atoms with E-state index in [1.54, 1.807) is 0 Å². The van der Waals surface area contributed by atoms with Gasteiger partial charge in [0.25, 0.3) is 0 Å². The minimum absolute atomic E-state index is 0. The van der Waals surface area contributed by atoms with Crippen molar-refractivity contribution in [3.63, 3.8) is 0 Å². The largest absolute Gasteiger partial charge is 0.399 e. The van der Waals surface area contributed by atoms with Crippen LogP contribution >= 0.6 is 24.8 Å². The minimum atomic E-state index is 0. The number of benzene rings is 3. The summed E-state index contributed by atoms with van der Waals surface area (Å²) in [6, 6.07) is 30.1. The number of hydrogen-bond donors (Lipinski definition) is 1. The number of anilines is 1. The molecule has 3 rings (SSSR count). The molecule has 144 valence electrons. The van der Waals surface area contributed by atoms with Crippen LogP contribution in [0.15, 0.2) is 84.9 Å². The molecule has 0 bridgehead atoms. The zero-order valence-corrected chi connectivity index (χ0v) is 17.3. The summed E-state index contributed by atoms with van der Waals surface area (Å²) in [7, 11) is 2.22. The molecular weight excluding hydrogens is 375 g/mol. The molecule has 0 aliphatic carbocycles. The highest BCUT2D eigenvalue weighted by atomic mass is 35.5. The lowest BCUT2D eigenvalue weighted by atomic mass is 9.97. The third-order valence-corrected chi connectivity index (χ3v) is 4.72. The maximum absolute atomic E-state index is 5.78. The molecule has 0 aromatic heterocycles. The van der Waals surface area contributed by atoms with Crippen LogP contribution in [0.4, 0.5) is 5.69 Å². The van der Waals surface area contributed by atoms with Crippen LogP contribution < -0.4 is 5.73 Å². The molecule has 0 saturated carbocycles. The van der Waals surface area contributed by atoms with Gasteiger partial charge >= 0.3 is 0 Å². The maximum Gasteiger partial charge on any atom is 0.0385 e. The fraction of sp³-hybridized carbons (Fsp3) is 0.217. The van der Waals surface area contributed by atoms with Crippen LogP contribution in [0.3, 0.4) is 0 Å². The van der Waals surface area contributed by atoms with Crippen molar-refractivity contribution in [1.82, 2.24) is 4.90 Å². The Labute approximate surface area is 175 Å². The van der Waals surface area contributed by atoms with Gasteiger partial charge in [0.2, 0.25) is 0 Å². The van der Waals surface area contributed by atoms with E-state index in [0.29, 0.717) is 6.04 Å². The summed E-state index contributed by atoms with van der Waals surface area (Å²) in [5.41, 5.74) is 10.7. The van der Waals surface area contributed by atoms with Crippen molar-refractivity contribution in [3.8, 4) is 0 Å². The zero-order valence-electron chi connectivity index (χ0n) is 15.6. The van der Waals surface area contributed by atoms with E-state index < -0.39 is 0 Å². The second-order valence-electron chi connectivity index (χ2n) is 6.59. The lowest BCUT2D eigenvalue weighted by molar-refractivity contribution is 0.246. The second kappa shape index (κ2) is 11.7. The summed E-state index contributed by atoms with van der Waals surface area (Å²) >= 11 is 0. The van der Waals surface area contributed by atoms with Gasteiger partial charge in [0.15, 0.2) is 0 Å². The Morgan fingerprint density at radius 3 is 1.89 bits per heavy atom. The third-order valence-electron chi connectivity index (χ3n) is 4.72.